The summed E-state index contributed by atoms with van der Waals surface area (Å²) in [7, 11) is 0. The van der Waals surface area contributed by atoms with Crippen LogP contribution in [0.1, 0.15) is 12.0 Å². The topological polar surface area (TPSA) is 104 Å². The number of nitrogens with one attached hydrogen (secondary N) is 1. The van der Waals surface area contributed by atoms with Crippen molar-refractivity contribution in [1.29, 1.82) is 0 Å². The summed E-state index contributed by atoms with van der Waals surface area (Å²) in [6.45, 7) is 0. The fourth-order valence-corrected chi connectivity index (χ4v) is 1.43. The van der Waals surface area contributed by atoms with E-state index in [4.69, 9.17) is 10.2 Å². The Balaban J connectivity index is 2.64. The SMILES string of the molecule is O=C(O)CC(=O)N[C@H](Cc1ccccc1)C(=O)O. The van der Waals surface area contributed by atoms with Crippen molar-refractivity contribution in [2.75, 3.05) is 0 Å². The van der Waals surface area contributed by atoms with E-state index in [0.29, 0.717) is 0 Å². The molecule has 6 nitrogen and oxygen atoms in total. The van der Waals surface area contributed by atoms with Gasteiger partial charge in [-0.25, -0.2) is 4.79 Å². The second-order valence-corrected chi connectivity index (χ2v) is 3.72. The van der Waals surface area contributed by atoms with Crippen molar-refractivity contribution in [2.45, 2.75) is 18.9 Å². The van der Waals surface area contributed by atoms with Crippen LogP contribution in [0.25, 0.3) is 0 Å². The lowest BCUT2D eigenvalue weighted by molar-refractivity contribution is -0.145. The molecule has 0 aliphatic carbocycles. The summed E-state index contributed by atoms with van der Waals surface area (Å²) in [6, 6.07) is 7.65. The largest absolute Gasteiger partial charge is 0.481 e. The van der Waals surface area contributed by atoms with E-state index in [9.17, 15) is 14.4 Å². The maximum Gasteiger partial charge on any atom is 0.326 e. The molecular weight excluding hydrogens is 238 g/mol. The van der Waals surface area contributed by atoms with Gasteiger partial charge in [0.2, 0.25) is 5.91 Å². The maximum absolute atomic E-state index is 11.2. The van der Waals surface area contributed by atoms with Crippen LogP contribution in [0.3, 0.4) is 0 Å². The first-order chi connectivity index (χ1) is 8.49. The van der Waals surface area contributed by atoms with Crippen LogP contribution in [0.5, 0.6) is 0 Å². The number of rotatable bonds is 6. The van der Waals surface area contributed by atoms with E-state index in [1.54, 1.807) is 30.3 Å². The molecule has 3 N–H and O–H groups in total. The zero-order valence-corrected chi connectivity index (χ0v) is 9.50. The summed E-state index contributed by atoms with van der Waals surface area (Å²) in [5.74, 6) is -3.31. The van der Waals surface area contributed by atoms with Crippen LogP contribution in [0.4, 0.5) is 0 Å². The second kappa shape index (κ2) is 6.39. The van der Waals surface area contributed by atoms with Crippen LogP contribution in [0, 0.1) is 0 Å². The lowest BCUT2D eigenvalue weighted by atomic mass is 10.1. The van der Waals surface area contributed by atoms with E-state index in [1.807, 2.05) is 0 Å². The first-order valence-corrected chi connectivity index (χ1v) is 5.27. The second-order valence-electron chi connectivity index (χ2n) is 3.72. The highest BCUT2D eigenvalue weighted by molar-refractivity contribution is 5.95. The fraction of sp³-hybridized carbons (Fsp3) is 0.250. The maximum atomic E-state index is 11.2. The molecule has 0 fully saturated rings. The molecule has 0 radical (unpaired) electrons. The third-order valence-electron chi connectivity index (χ3n) is 2.23. The Labute approximate surface area is 103 Å². The number of hydrogen-bond acceptors (Lipinski definition) is 3. The van der Waals surface area contributed by atoms with E-state index in [1.165, 1.54) is 0 Å². The van der Waals surface area contributed by atoms with E-state index in [0.717, 1.165) is 5.56 Å². The molecule has 0 aliphatic rings. The van der Waals surface area contributed by atoms with Gasteiger partial charge in [0.05, 0.1) is 0 Å². The minimum atomic E-state index is -1.30. The molecule has 0 bridgehead atoms. The Hall–Kier alpha value is -2.37. The lowest BCUT2D eigenvalue weighted by Gasteiger charge is -2.13. The molecule has 1 aromatic rings. The third kappa shape index (κ3) is 4.65. The standard InChI is InChI=1S/C12H13NO5/c14-10(7-11(15)16)13-9(12(17)18)6-8-4-2-1-3-5-8/h1-5,9H,6-7H2,(H,13,14)(H,15,16)(H,17,18)/t9-/m1/s1. The Kier molecular flexibility index (Phi) is 4.86. The van der Waals surface area contributed by atoms with E-state index in [2.05, 4.69) is 5.32 Å². The molecule has 1 atom stereocenters. The summed E-state index contributed by atoms with van der Waals surface area (Å²) in [5.41, 5.74) is 0.750. The number of carbonyl (C=O) groups is 3. The molecule has 0 unspecified atom stereocenters. The number of amides is 1. The van der Waals surface area contributed by atoms with Crippen LogP contribution >= 0.6 is 0 Å². The minimum absolute atomic E-state index is 0.113. The summed E-state index contributed by atoms with van der Waals surface area (Å²) >= 11 is 0. The normalized spacial score (nSPS) is 11.6. The van der Waals surface area contributed by atoms with Crippen molar-refractivity contribution in [3.05, 3.63) is 35.9 Å². The van der Waals surface area contributed by atoms with Crippen molar-refractivity contribution in [3.63, 3.8) is 0 Å². The molecule has 0 saturated heterocycles. The van der Waals surface area contributed by atoms with Crippen molar-refractivity contribution in [1.82, 2.24) is 5.32 Å². The summed E-state index contributed by atoms with van der Waals surface area (Å²) in [4.78, 5) is 32.5. The first kappa shape index (κ1) is 13.7. The zero-order chi connectivity index (χ0) is 13.5. The van der Waals surface area contributed by atoms with Gasteiger partial charge in [-0.05, 0) is 5.56 Å². The molecule has 0 heterocycles. The summed E-state index contributed by atoms with van der Waals surface area (Å²) in [6.07, 6.45) is -0.625. The predicted molar refractivity (Wildman–Crippen MR) is 62.0 cm³/mol. The highest BCUT2D eigenvalue weighted by Crippen LogP contribution is 2.03. The Morgan fingerprint density at radius 1 is 1.11 bits per heavy atom. The van der Waals surface area contributed by atoms with Crippen LogP contribution in [-0.2, 0) is 20.8 Å². The molecule has 6 heteroatoms. The van der Waals surface area contributed by atoms with Crippen LogP contribution in [0.2, 0.25) is 0 Å². The minimum Gasteiger partial charge on any atom is -0.481 e. The van der Waals surface area contributed by atoms with Gasteiger partial charge in [-0.3, -0.25) is 9.59 Å². The lowest BCUT2D eigenvalue weighted by Crippen LogP contribution is -2.42. The first-order valence-electron chi connectivity index (χ1n) is 5.27. The van der Waals surface area contributed by atoms with E-state index >= 15 is 0 Å². The molecule has 0 aromatic heterocycles. The smallest absolute Gasteiger partial charge is 0.326 e. The Bertz CT molecular complexity index is 443. The molecule has 0 aliphatic heterocycles. The molecular formula is C12H13NO5. The van der Waals surface area contributed by atoms with Gasteiger partial charge in [0.1, 0.15) is 12.5 Å². The van der Waals surface area contributed by atoms with Crippen molar-refractivity contribution in [2.24, 2.45) is 0 Å². The average molecular weight is 251 g/mol. The number of carboxylic acids is 2. The fourth-order valence-electron chi connectivity index (χ4n) is 1.43. The van der Waals surface area contributed by atoms with E-state index < -0.39 is 30.3 Å². The van der Waals surface area contributed by atoms with Crippen LogP contribution in [0.15, 0.2) is 30.3 Å². The third-order valence-corrected chi connectivity index (χ3v) is 2.23. The van der Waals surface area contributed by atoms with Gasteiger partial charge >= 0.3 is 11.9 Å². The highest BCUT2D eigenvalue weighted by atomic mass is 16.4. The monoisotopic (exact) mass is 251 g/mol. The van der Waals surface area contributed by atoms with Gasteiger partial charge in [0, 0.05) is 6.42 Å². The van der Waals surface area contributed by atoms with Gasteiger partial charge in [-0.15, -0.1) is 0 Å². The molecule has 0 spiro atoms. The van der Waals surface area contributed by atoms with Crippen molar-refractivity contribution < 1.29 is 24.6 Å². The number of carboxylic acid groups (broad SMARTS) is 2. The van der Waals surface area contributed by atoms with Gasteiger partial charge in [0.15, 0.2) is 0 Å². The molecule has 0 saturated carbocycles. The number of carbonyl (C=O) groups excluding carboxylic acids is 1. The van der Waals surface area contributed by atoms with Gasteiger partial charge in [0.25, 0.3) is 0 Å². The Morgan fingerprint density at radius 3 is 2.22 bits per heavy atom. The number of hydrogen-bond donors (Lipinski definition) is 3. The quantitative estimate of drug-likeness (QED) is 0.630. The summed E-state index contributed by atoms with van der Waals surface area (Å²) < 4.78 is 0. The molecule has 1 rings (SSSR count). The molecule has 18 heavy (non-hydrogen) atoms. The number of benzene rings is 1. The zero-order valence-electron chi connectivity index (χ0n) is 9.50. The molecule has 1 amide bonds. The van der Waals surface area contributed by atoms with Crippen molar-refractivity contribution in [3.8, 4) is 0 Å². The molecule has 96 valence electrons. The van der Waals surface area contributed by atoms with Gasteiger partial charge in [-0.2, -0.15) is 0 Å². The summed E-state index contributed by atoms with van der Waals surface area (Å²) in [5, 5.41) is 19.5. The van der Waals surface area contributed by atoms with Gasteiger partial charge in [-0.1, -0.05) is 30.3 Å². The van der Waals surface area contributed by atoms with Crippen molar-refractivity contribution >= 4 is 17.8 Å². The average Bonchev–Trinajstić information content (AvgIpc) is 2.28. The van der Waals surface area contributed by atoms with Gasteiger partial charge < -0.3 is 15.5 Å². The highest BCUT2D eigenvalue weighted by Gasteiger charge is 2.21. The molecule has 1 aromatic carbocycles. The van der Waals surface area contributed by atoms with Crippen LogP contribution in [-0.4, -0.2) is 34.1 Å². The number of aliphatic carboxylic acids is 2. The Morgan fingerprint density at radius 2 is 1.72 bits per heavy atom. The van der Waals surface area contributed by atoms with Crippen LogP contribution < -0.4 is 5.32 Å². The predicted octanol–water partition coefficient (Wildman–Crippen LogP) is 0.273. The van der Waals surface area contributed by atoms with E-state index in [-0.39, 0.29) is 6.42 Å².